The van der Waals surface area contributed by atoms with Gasteiger partial charge in [0.25, 0.3) is 0 Å². The molecule has 2 aromatic rings. The summed E-state index contributed by atoms with van der Waals surface area (Å²) in [6.07, 6.45) is 0. The van der Waals surface area contributed by atoms with Gasteiger partial charge in [0.15, 0.2) is 5.78 Å². The molecule has 0 aliphatic heterocycles. The Bertz CT molecular complexity index is 700. The van der Waals surface area contributed by atoms with Crippen LogP contribution in [0.1, 0.15) is 38.8 Å². The van der Waals surface area contributed by atoms with Crippen LogP contribution in [0.3, 0.4) is 0 Å². The Kier molecular flexibility index (Phi) is 4.58. The summed E-state index contributed by atoms with van der Waals surface area (Å²) < 4.78 is 6.14. The van der Waals surface area contributed by atoms with Gasteiger partial charge in [-0.05, 0) is 51.1 Å². The van der Waals surface area contributed by atoms with Gasteiger partial charge in [-0.15, -0.1) is 0 Å². The number of ether oxygens (including phenoxy) is 1. The van der Waals surface area contributed by atoms with Crippen molar-refractivity contribution in [3.8, 4) is 5.75 Å². The van der Waals surface area contributed by atoms with Crippen molar-refractivity contribution < 1.29 is 14.3 Å². The molecule has 0 aliphatic rings. The molecule has 0 N–H and O–H groups in total. The third kappa shape index (κ3) is 3.79. The van der Waals surface area contributed by atoms with Crippen LogP contribution in [0.25, 0.3) is 0 Å². The average Bonchev–Trinajstić information content (AvgIpc) is 2.39. The Morgan fingerprint density at radius 2 is 1.62 bits per heavy atom. The van der Waals surface area contributed by atoms with E-state index in [1.807, 2.05) is 19.9 Å². The molecule has 21 heavy (non-hydrogen) atoms. The highest BCUT2D eigenvalue weighted by Gasteiger charge is 2.15. The molecular weight excluding hydrogens is 332 g/mol. The van der Waals surface area contributed by atoms with Crippen LogP contribution in [-0.4, -0.2) is 11.8 Å². The fraction of sp³-hybridized carbons (Fsp3) is 0.176. The summed E-state index contributed by atoms with van der Waals surface area (Å²) >= 11 is 3.30. The van der Waals surface area contributed by atoms with E-state index in [0.717, 1.165) is 15.6 Å². The molecule has 0 aliphatic carbocycles. The van der Waals surface area contributed by atoms with Gasteiger partial charge in [-0.2, -0.15) is 0 Å². The van der Waals surface area contributed by atoms with E-state index in [0.29, 0.717) is 11.1 Å². The first kappa shape index (κ1) is 15.4. The average molecular weight is 347 g/mol. The molecule has 2 aromatic carbocycles. The highest BCUT2D eigenvalue weighted by molar-refractivity contribution is 9.10. The van der Waals surface area contributed by atoms with Gasteiger partial charge in [0.05, 0.1) is 11.1 Å². The number of esters is 1. The van der Waals surface area contributed by atoms with E-state index in [4.69, 9.17) is 4.74 Å². The predicted octanol–water partition coefficient (Wildman–Crippen LogP) is 4.49. The highest BCUT2D eigenvalue weighted by atomic mass is 79.9. The second-order valence-corrected chi connectivity index (χ2v) is 5.88. The maximum atomic E-state index is 12.2. The lowest BCUT2D eigenvalue weighted by Gasteiger charge is -2.09. The van der Waals surface area contributed by atoms with E-state index >= 15 is 0 Å². The van der Waals surface area contributed by atoms with Crippen LogP contribution in [0.4, 0.5) is 0 Å². The van der Waals surface area contributed by atoms with Gasteiger partial charge in [-0.3, -0.25) is 4.79 Å². The fourth-order valence-electron chi connectivity index (χ4n) is 2.12. The van der Waals surface area contributed by atoms with Crippen LogP contribution in [0, 0.1) is 13.8 Å². The summed E-state index contributed by atoms with van der Waals surface area (Å²) in [5, 5.41) is 0. The second kappa shape index (κ2) is 6.22. The van der Waals surface area contributed by atoms with Crippen molar-refractivity contribution in [1.82, 2.24) is 0 Å². The molecule has 4 heteroatoms. The van der Waals surface area contributed by atoms with E-state index < -0.39 is 5.97 Å². The number of ketones is 1. The zero-order valence-electron chi connectivity index (χ0n) is 12.1. The van der Waals surface area contributed by atoms with Crippen LogP contribution in [-0.2, 0) is 0 Å². The Labute approximate surface area is 132 Å². The number of rotatable bonds is 3. The fourth-order valence-corrected chi connectivity index (χ4v) is 2.48. The van der Waals surface area contributed by atoms with E-state index in [-0.39, 0.29) is 11.5 Å². The van der Waals surface area contributed by atoms with Gasteiger partial charge in [0, 0.05) is 4.47 Å². The van der Waals surface area contributed by atoms with Crippen molar-refractivity contribution in [3.05, 3.63) is 63.1 Å². The maximum absolute atomic E-state index is 12.2. The lowest BCUT2D eigenvalue weighted by molar-refractivity contribution is 0.0732. The number of aryl methyl sites for hydroxylation is 2. The molecule has 0 amide bonds. The summed E-state index contributed by atoms with van der Waals surface area (Å²) in [5.41, 5.74) is 2.83. The molecule has 108 valence electrons. The van der Waals surface area contributed by atoms with Crippen molar-refractivity contribution in [2.24, 2.45) is 0 Å². The van der Waals surface area contributed by atoms with Gasteiger partial charge in [-0.25, -0.2) is 4.79 Å². The zero-order valence-corrected chi connectivity index (χ0v) is 13.7. The summed E-state index contributed by atoms with van der Waals surface area (Å²) in [4.78, 5) is 23.9. The first-order valence-electron chi connectivity index (χ1n) is 6.48. The van der Waals surface area contributed by atoms with E-state index in [1.54, 1.807) is 30.3 Å². The number of carbonyl (C=O) groups is 2. The van der Waals surface area contributed by atoms with Crippen molar-refractivity contribution in [2.45, 2.75) is 20.8 Å². The van der Waals surface area contributed by atoms with Crippen molar-refractivity contribution >= 4 is 27.7 Å². The summed E-state index contributed by atoms with van der Waals surface area (Å²) in [7, 11) is 0. The first-order chi connectivity index (χ1) is 9.86. The Morgan fingerprint density at radius 1 is 1.00 bits per heavy atom. The molecule has 0 bridgehead atoms. The monoisotopic (exact) mass is 346 g/mol. The standard InChI is InChI=1S/C17H15BrO3/c1-10-6-11(2)8-13(7-10)17(20)21-16-5-4-14(18)9-15(16)12(3)19/h4-9H,1-3H3. The van der Waals surface area contributed by atoms with E-state index in [2.05, 4.69) is 15.9 Å². The van der Waals surface area contributed by atoms with Crippen molar-refractivity contribution in [2.75, 3.05) is 0 Å². The number of hydrogen-bond acceptors (Lipinski definition) is 3. The summed E-state index contributed by atoms with van der Waals surface area (Å²) in [6, 6.07) is 10.5. The first-order valence-corrected chi connectivity index (χ1v) is 7.27. The van der Waals surface area contributed by atoms with E-state index in [1.165, 1.54) is 6.92 Å². The molecule has 0 fully saturated rings. The Morgan fingerprint density at radius 3 is 2.19 bits per heavy atom. The molecule has 0 saturated carbocycles. The number of hydrogen-bond donors (Lipinski definition) is 0. The molecule has 2 rings (SSSR count). The number of benzene rings is 2. The number of halogens is 1. The molecule has 0 unspecified atom stereocenters. The lowest BCUT2D eigenvalue weighted by Crippen LogP contribution is -2.11. The van der Waals surface area contributed by atoms with E-state index in [9.17, 15) is 9.59 Å². The Balaban J connectivity index is 2.33. The number of Topliss-reactive ketones (excluding diaryl/α,β-unsaturated/α-hetero) is 1. The third-order valence-electron chi connectivity index (χ3n) is 2.98. The molecule has 0 saturated heterocycles. The van der Waals surface area contributed by atoms with Gasteiger partial charge >= 0.3 is 5.97 Å². The number of carbonyl (C=O) groups excluding carboxylic acids is 2. The van der Waals surface area contributed by atoms with Crippen LogP contribution < -0.4 is 4.74 Å². The quantitative estimate of drug-likeness (QED) is 0.467. The second-order valence-electron chi connectivity index (χ2n) is 4.96. The van der Waals surface area contributed by atoms with Gasteiger partial charge in [0.1, 0.15) is 5.75 Å². The molecule has 3 nitrogen and oxygen atoms in total. The smallest absolute Gasteiger partial charge is 0.343 e. The van der Waals surface area contributed by atoms with Crippen LogP contribution in [0.2, 0.25) is 0 Å². The third-order valence-corrected chi connectivity index (χ3v) is 3.47. The SMILES string of the molecule is CC(=O)c1cc(Br)ccc1OC(=O)c1cc(C)cc(C)c1. The molecule has 0 heterocycles. The van der Waals surface area contributed by atoms with Gasteiger partial charge in [-0.1, -0.05) is 33.1 Å². The maximum Gasteiger partial charge on any atom is 0.343 e. The van der Waals surface area contributed by atoms with Crippen LogP contribution >= 0.6 is 15.9 Å². The highest BCUT2D eigenvalue weighted by Crippen LogP contribution is 2.25. The lowest BCUT2D eigenvalue weighted by atomic mass is 10.1. The minimum atomic E-state index is -0.466. The normalized spacial score (nSPS) is 10.3. The van der Waals surface area contributed by atoms with Crippen molar-refractivity contribution in [3.63, 3.8) is 0 Å². The predicted molar refractivity (Wildman–Crippen MR) is 85.0 cm³/mol. The van der Waals surface area contributed by atoms with Crippen LogP contribution in [0.15, 0.2) is 40.9 Å². The summed E-state index contributed by atoms with van der Waals surface area (Å²) in [5.74, 6) is -0.346. The zero-order chi connectivity index (χ0) is 15.6. The molecule has 0 radical (unpaired) electrons. The molecule has 0 spiro atoms. The minimum Gasteiger partial charge on any atom is -0.422 e. The van der Waals surface area contributed by atoms with Crippen molar-refractivity contribution in [1.29, 1.82) is 0 Å². The minimum absolute atomic E-state index is 0.153. The molecular formula is C17H15BrO3. The molecule has 0 aromatic heterocycles. The van der Waals surface area contributed by atoms with Gasteiger partial charge < -0.3 is 4.74 Å². The molecule has 0 atom stereocenters. The Hall–Kier alpha value is -1.94. The summed E-state index contributed by atoms with van der Waals surface area (Å²) in [6.45, 7) is 5.28. The largest absolute Gasteiger partial charge is 0.422 e. The van der Waals surface area contributed by atoms with Gasteiger partial charge in [0.2, 0.25) is 0 Å². The van der Waals surface area contributed by atoms with Crippen LogP contribution in [0.5, 0.6) is 5.75 Å². The topological polar surface area (TPSA) is 43.4 Å².